The Balaban J connectivity index is 1.78. The lowest BCUT2D eigenvalue weighted by molar-refractivity contribution is 0.0603. The van der Waals surface area contributed by atoms with E-state index in [1.807, 2.05) is 19.2 Å². The Bertz CT molecular complexity index is 448. The second-order valence-corrected chi connectivity index (χ2v) is 5.74. The highest BCUT2D eigenvalue weighted by Crippen LogP contribution is 2.36. The van der Waals surface area contributed by atoms with Gasteiger partial charge >= 0.3 is 0 Å². The van der Waals surface area contributed by atoms with E-state index in [1.165, 1.54) is 19.3 Å². The standard InChI is InChI=1S/C15H23N3O/c1-16-11-13-5-2-3-9-18(13)15(19)14-6-4-10-17(14)12-7-8-12/h4,6,10,12-13,16H,2-3,5,7-9,11H2,1H3. The van der Waals surface area contributed by atoms with Crippen LogP contribution in [0.25, 0.3) is 0 Å². The molecule has 1 amide bonds. The molecule has 3 rings (SSSR count). The van der Waals surface area contributed by atoms with Crippen molar-refractivity contribution < 1.29 is 4.79 Å². The van der Waals surface area contributed by atoms with Gasteiger partial charge in [0.25, 0.3) is 5.91 Å². The molecule has 0 bridgehead atoms. The van der Waals surface area contributed by atoms with E-state index in [1.54, 1.807) is 0 Å². The van der Waals surface area contributed by atoms with Gasteiger partial charge in [-0.1, -0.05) is 0 Å². The Morgan fingerprint density at radius 2 is 2.21 bits per heavy atom. The van der Waals surface area contributed by atoms with Crippen molar-refractivity contribution in [1.29, 1.82) is 0 Å². The van der Waals surface area contributed by atoms with E-state index in [-0.39, 0.29) is 5.91 Å². The highest BCUT2D eigenvalue weighted by molar-refractivity contribution is 5.93. The van der Waals surface area contributed by atoms with Gasteiger partial charge in [-0.2, -0.15) is 0 Å². The van der Waals surface area contributed by atoms with Gasteiger partial charge in [0.1, 0.15) is 5.69 Å². The molecule has 2 heterocycles. The molecule has 1 saturated heterocycles. The number of hydrogen-bond acceptors (Lipinski definition) is 2. The summed E-state index contributed by atoms with van der Waals surface area (Å²) in [6.45, 7) is 1.80. The van der Waals surface area contributed by atoms with Crippen LogP contribution in [0, 0.1) is 0 Å². The van der Waals surface area contributed by atoms with Gasteiger partial charge in [0.15, 0.2) is 0 Å². The first-order valence-corrected chi connectivity index (χ1v) is 7.43. The minimum atomic E-state index is 0.219. The Labute approximate surface area is 114 Å². The third kappa shape index (κ3) is 2.54. The maximum absolute atomic E-state index is 12.8. The van der Waals surface area contributed by atoms with Gasteiger partial charge in [-0.3, -0.25) is 4.79 Å². The fourth-order valence-electron chi connectivity index (χ4n) is 3.11. The second kappa shape index (κ2) is 5.37. The molecular formula is C15H23N3O. The second-order valence-electron chi connectivity index (χ2n) is 5.74. The van der Waals surface area contributed by atoms with Gasteiger partial charge in [0.05, 0.1) is 0 Å². The zero-order chi connectivity index (χ0) is 13.2. The zero-order valence-electron chi connectivity index (χ0n) is 11.6. The molecule has 1 unspecified atom stereocenters. The first kappa shape index (κ1) is 12.7. The predicted molar refractivity (Wildman–Crippen MR) is 75.3 cm³/mol. The number of amides is 1. The van der Waals surface area contributed by atoms with Gasteiger partial charge in [-0.25, -0.2) is 0 Å². The molecule has 1 aliphatic heterocycles. The Hall–Kier alpha value is -1.29. The summed E-state index contributed by atoms with van der Waals surface area (Å²) in [7, 11) is 1.96. The van der Waals surface area contributed by atoms with Crippen LogP contribution >= 0.6 is 0 Å². The number of likely N-dealkylation sites (N-methyl/N-ethyl adjacent to an activating group) is 1. The van der Waals surface area contributed by atoms with Crippen LogP contribution in [0.2, 0.25) is 0 Å². The first-order chi connectivity index (χ1) is 9.31. The number of piperidine rings is 1. The van der Waals surface area contributed by atoms with Crippen LogP contribution in [0.5, 0.6) is 0 Å². The summed E-state index contributed by atoms with van der Waals surface area (Å²) in [6, 6.07) is 4.91. The molecule has 0 radical (unpaired) electrons. The van der Waals surface area contributed by atoms with E-state index in [2.05, 4.69) is 21.0 Å². The lowest BCUT2D eigenvalue weighted by atomic mass is 10.0. The van der Waals surface area contributed by atoms with Crippen molar-refractivity contribution >= 4 is 5.91 Å². The predicted octanol–water partition coefficient (Wildman–Crippen LogP) is 2.04. The number of carbonyl (C=O) groups is 1. The lowest BCUT2D eigenvalue weighted by Gasteiger charge is -2.36. The largest absolute Gasteiger partial charge is 0.340 e. The first-order valence-electron chi connectivity index (χ1n) is 7.43. The van der Waals surface area contributed by atoms with E-state index in [0.717, 1.165) is 31.6 Å². The Morgan fingerprint density at radius 1 is 1.37 bits per heavy atom. The van der Waals surface area contributed by atoms with Crippen LogP contribution in [-0.4, -0.2) is 41.6 Å². The van der Waals surface area contributed by atoms with Crippen LogP contribution < -0.4 is 5.32 Å². The highest BCUT2D eigenvalue weighted by atomic mass is 16.2. The van der Waals surface area contributed by atoms with Gasteiger partial charge in [0, 0.05) is 31.4 Å². The van der Waals surface area contributed by atoms with Gasteiger partial charge < -0.3 is 14.8 Å². The number of likely N-dealkylation sites (tertiary alicyclic amines) is 1. The minimum Gasteiger partial charge on any atom is -0.340 e. The maximum Gasteiger partial charge on any atom is 0.270 e. The molecule has 4 nitrogen and oxygen atoms in total. The Kier molecular flexibility index (Phi) is 3.60. The fourth-order valence-corrected chi connectivity index (χ4v) is 3.11. The lowest BCUT2D eigenvalue weighted by Crippen LogP contribution is -2.48. The van der Waals surface area contributed by atoms with Crippen molar-refractivity contribution in [1.82, 2.24) is 14.8 Å². The summed E-state index contributed by atoms with van der Waals surface area (Å²) in [5, 5.41) is 3.22. The van der Waals surface area contributed by atoms with Gasteiger partial charge in [-0.05, 0) is 51.3 Å². The minimum absolute atomic E-state index is 0.219. The number of rotatable bonds is 4. The quantitative estimate of drug-likeness (QED) is 0.900. The van der Waals surface area contributed by atoms with Gasteiger partial charge in [0.2, 0.25) is 0 Å². The summed E-state index contributed by atoms with van der Waals surface area (Å²) < 4.78 is 2.17. The molecule has 4 heteroatoms. The Morgan fingerprint density at radius 3 is 2.95 bits per heavy atom. The maximum atomic E-state index is 12.8. The molecule has 1 aromatic heterocycles. The normalized spacial score (nSPS) is 23.6. The van der Waals surface area contributed by atoms with Crippen molar-refractivity contribution in [2.24, 2.45) is 0 Å². The topological polar surface area (TPSA) is 37.3 Å². The van der Waals surface area contributed by atoms with Gasteiger partial charge in [-0.15, -0.1) is 0 Å². The average molecular weight is 261 g/mol. The molecule has 0 spiro atoms. The molecular weight excluding hydrogens is 238 g/mol. The van der Waals surface area contributed by atoms with Crippen LogP contribution in [0.4, 0.5) is 0 Å². The van der Waals surface area contributed by atoms with Crippen molar-refractivity contribution in [3.8, 4) is 0 Å². The number of aromatic nitrogens is 1. The molecule has 1 N–H and O–H groups in total. The van der Waals surface area contributed by atoms with E-state index in [9.17, 15) is 4.79 Å². The molecule has 0 aromatic carbocycles. The van der Waals surface area contributed by atoms with Crippen molar-refractivity contribution in [3.05, 3.63) is 24.0 Å². The molecule has 2 fully saturated rings. The summed E-state index contributed by atoms with van der Waals surface area (Å²) >= 11 is 0. The van der Waals surface area contributed by atoms with Crippen molar-refractivity contribution in [3.63, 3.8) is 0 Å². The zero-order valence-corrected chi connectivity index (χ0v) is 11.6. The number of carbonyl (C=O) groups excluding carboxylic acids is 1. The third-order valence-electron chi connectivity index (χ3n) is 4.27. The smallest absolute Gasteiger partial charge is 0.270 e. The van der Waals surface area contributed by atoms with Crippen molar-refractivity contribution in [2.45, 2.75) is 44.2 Å². The van der Waals surface area contributed by atoms with Crippen LogP contribution in [0.3, 0.4) is 0 Å². The van der Waals surface area contributed by atoms with Crippen LogP contribution in [0.15, 0.2) is 18.3 Å². The summed E-state index contributed by atoms with van der Waals surface area (Å²) in [5.41, 5.74) is 0.880. The van der Waals surface area contributed by atoms with E-state index >= 15 is 0 Å². The number of nitrogens with one attached hydrogen (secondary N) is 1. The molecule has 1 aliphatic carbocycles. The number of hydrogen-bond donors (Lipinski definition) is 1. The highest BCUT2D eigenvalue weighted by Gasteiger charge is 2.31. The molecule has 19 heavy (non-hydrogen) atoms. The molecule has 1 saturated carbocycles. The SMILES string of the molecule is CNCC1CCCCN1C(=O)c1cccn1C1CC1. The summed E-state index contributed by atoms with van der Waals surface area (Å²) in [4.78, 5) is 14.9. The molecule has 1 aromatic rings. The molecule has 2 aliphatic rings. The summed E-state index contributed by atoms with van der Waals surface area (Å²) in [6.07, 6.45) is 7.98. The number of nitrogens with zero attached hydrogens (tertiary/aromatic N) is 2. The van der Waals surface area contributed by atoms with Crippen molar-refractivity contribution in [2.75, 3.05) is 20.1 Å². The average Bonchev–Trinajstić information content (AvgIpc) is 3.16. The monoisotopic (exact) mass is 261 g/mol. The summed E-state index contributed by atoms with van der Waals surface area (Å²) in [5.74, 6) is 0.219. The van der Waals surface area contributed by atoms with Crippen LogP contribution in [0.1, 0.15) is 48.6 Å². The van der Waals surface area contributed by atoms with Crippen LogP contribution in [-0.2, 0) is 0 Å². The van der Waals surface area contributed by atoms with E-state index in [0.29, 0.717) is 12.1 Å². The molecule has 104 valence electrons. The van der Waals surface area contributed by atoms with E-state index < -0.39 is 0 Å². The third-order valence-corrected chi connectivity index (χ3v) is 4.27. The molecule has 1 atom stereocenters. The fraction of sp³-hybridized carbons (Fsp3) is 0.667. The van der Waals surface area contributed by atoms with E-state index in [4.69, 9.17) is 0 Å².